The summed E-state index contributed by atoms with van der Waals surface area (Å²) in [7, 11) is 0. The van der Waals surface area contributed by atoms with Gasteiger partial charge in [-0.25, -0.2) is 0 Å². The molecule has 1 atom stereocenters. The van der Waals surface area contributed by atoms with E-state index in [4.69, 9.17) is 0 Å². The number of nitrogens with one attached hydrogen (secondary N) is 2. The van der Waals surface area contributed by atoms with Crippen molar-refractivity contribution in [2.24, 2.45) is 5.92 Å². The molecule has 3 aliphatic rings. The third-order valence-electron chi connectivity index (χ3n) is 5.55. The number of hydrogen-bond donors (Lipinski definition) is 2. The van der Waals surface area contributed by atoms with Gasteiger partial charge in [0.25, 0.3) is 0 Å². The van der Waals surface area contributed by atoms with E-state index in [1.165, 1.54) is 57.9 Å². The summed E-state index contributed by atoms with van der Waals surface area (Å²) < 4.78 is 0. The lowest BCUT2D eigenvalue weighted by Crippen LogP contribution is -2.52. The molecule has 4 heteroatoms. The van der Waals surface area contributed by atoms with Crippen LogP contribution < -0.4 is 10.6 Å². The Morgan fingerprint density at radius 3 is 2.33 bits per heavy atom. The maximum Gasteiger partial charge on any atom is 0.237 e. The molecule has 4 nitrogen and oxygen atoms in total. The largest absolute Gasteiger partial charge is 0.352 e. The molecule has 21 heavy (non-hydrogen) atoms. The summed E-state index contributed by atoms with van der Waals surface area (Å²) in [6, 6.07) is 1.15. The first kappa shape index (κ1) is 15.3. The summed E-state index contributed by atoms with van der Waals surface area (Å²) in [4.78, 5) is 14.7. The van der Waals surface area contributed by atoms with Crippen molar-refractivity contribution in [2.75, 3.05) is 19.6 Å². The number of carbonyl (C=O) groups is 1. The van der Waals surface area contributed by atoms with Gasteiger partial charge in [-0.2, -0.15) is 0 Å². The SMILES string of the molecule is CC(C(=O)NC1CCCC1)N1CCC(NCC2CC2)CC1. The molecule has 2 saturated carbocycles. The van der Waals surface area contributed by atoms with Crippen LogP contribution >= 0.6 is 0 Å². The molecule has 120 valence electrons. The van der Waals surface area contributed by atoms with Gasteiger partial charge in [-0.15, -0.1) is 0 Å². The van der Waals surface area contributed by atoms with E-state index in [0.717, 1.165) is 19.0 Å². The summed E-state index contributed by atoms with van der Waals surface area (Å²) in [5.41, 5.74) is 0. The minimum atomic E-state index is 0.0370. The number of hydrogen-bond acceptors (Lipinski definition) is 3. The Morgan fingerprint density at radius 1 is 1.05 bits per heavy atom. The molecule has 3 fully saturated rings. The van der Waals surface area contributed by atoms with Crippen LogP contribution in [0.15, 0.2) is 0 Å². The zero-order chi connectivity index (χ0) is 14.7. The quantitative estimate of drug-likeness (QED) is 0.786. The lowest BCUT2D eigenvalue weighted by molar-refractivity contribution is -0.127. The molecule has 0 bridgehead atoms. The first-order valence-electron chi connectivity index (χ1n) is 9.00. The molecule has 2 N–H and O–H groups in total. The van der Waals surface area contributed by atoms with E-state index in [9.17, 15) is 4.79 Å². The van der Waals surface area contributed by atoms with Crippen molar-refractivity contribution in [3.05, 3.63) is 0 Å². The van der Waals surface area contributed by atoms with E-state index in [0.29, 0.717) is 12.1 Å². The fourth-order valence-electron chi connectivity index (χ4n) is 3.70. The number of carbonyl (C=O) groups excluding carboxylic acids is 1. The fraction of sp³-hybridized carbons (Fsp3) is 0.941. The zero-order valence-electron chi connectivity index (χ0n) is 13.4. The molecule has 1 heterocycles. The minimum absolute atomic E-state index is 0.0370. The van der Waals surface area contributed by atoms with Crippen molar-refractivity contribution >= 4 is 5.91 Å². The van der Waals surface area contributed by atoms with Crippen LogP contribution in [0.5, 0.6) is 0 Å². The lowest BCUT2D eigenvalue weighted by Gasteiger charge is -2.36. The molecular formula is C17H31N3O. The smallest absolute Gasteiger partial charge is 0.237 e. The van der Waals surface area contributed by atoms with E-state index < -0.39 is 0 Å². The Morgan fingerprint density at radius 2 is 1.71 bits per heavy atom. The average molecular weight is 293 g/mol. The standard InChI is InChI=1S/C17H31N3O/c1-13(17(21)19-16-4-2-3-5-16)20-10-8-15(9-11-20)18-12-14-6-7-14/h13-16,18H,2-12H2,1H3,(H,19,21). The molecular weight excluding hydrogens is 262 g/mol. The molecule has 0 radical (unpaired) electrons. The maximum atomic E-state index is 12.3. The Bertz CT molecular complexity index is 342. The Balaban J connectivity index is 1.36. The van der Waals surface area contributed by atoms with Crippen LogP contribution in [-0.4, -0.2) is 48.6 Å². The summed E-state index contributed by atoms with van der Waals surface area (Å²) in [6.45, 7) is 5.40. The fourth-order valence-corrected chi connectivity index (χ4v) is 3.70. The molecule has 1 amide bonds. The van der Waals surface area contributed by atoms with Gasteiger partial charge in [0.05, 0.1) is 6.04 Å². The molecule has 0 aromatic heterocycles. The van der Waals surface area contributed by atoms with Gasteiger partial charge < -0.3 is 10.6 Å². The molecule has 1 saturated heterocycles. The Hall–Kier alpha value is -0.610. The first-order valence-corrected chi connectivity index (χ1v) is 9.00. The second-order valence-corrected chi connectivity index (χ2v) is 7.33. The molecule has 1 unspecified atom stereocenters. The molecule has 2 aliphatic carbocycles. The molecule has 0 aromatic carbocycles. The number of rotatable bonds is 6. The van der Waals surface area contributed by atoms with Gasteiger partial charge in [0, 0.05) is 25.2 Å². The lowest BCUT2D eigenvalue weighted by atomic mass is 10.0. The van der Waals surface area contributed by atoms with Crippen molar-refractivity contribution in [1.29, 1.82) is 0 Å². The summed E-state index contributed by atoms with van der Waals surface area (Å²) in [5.74, 6) is 1.20. The van der Waals surface area contributed by atoms with Crippen LogP contribution in [0.2, 0.25) is 0 Å². The number of piperidine rings is 1. The normalized spacial score (nSPS) is 26.9. The third-order valence-corrected chi connectivity index (χ3v) is 5.55. The van der Waals surface area contributed by atoms with Gasteiger partial charge in [-0.05, 0) is 57.9 Å². The van der Waals surface area contributed by atoms with E-state index in [-0.39, 0.29) is 11.9 Å². The maximum absolute atomic E-state index is 12.3. The monoisotopic (exact) mass is 293 g/mol. The van der Waals surface area contributed by atoms with Crippen molar-refractivity contribution in [3.63, 3.8) is 0 Å². The van der Waals surface area contributed by atoms with Gasteiger partial charge in [-0.1, -0.05) is 12.8 Å². The summed E-state index contributed by atoms with van der Waals surface area (Å²) >= 11 is 0. The van der Waals surface area contributed by atoms with Crippen LogP contribution in [0.4, 0.5) is 0 Å². The highest BCUT2D eigenvalue weighted by Gasteiger charge is 2.29. The van der Waals surface area contributed by atoms with Crippen LogP contribution in [0.1, 0.15) is 58.3 Å². The van der Waals surface area contributed by atoms with E-state index in [1.54, 1.807) is 0 Å². The Kier molecular flexibility index (Phi) is 5.17. The zero-order valence-corrected chi connectivity index (χ0v) is 13.4. The van der Waals surface area contributed by atoms with Crippen molar-refractivity contribution in [3.8, 4) is 0 Å². The highest BCUT2D eigenvalue weighted by molar-refractivity contribution is 5.81. The molecule has 3 rings (SSSR count). The average Bonchev–Trinajstić information content (AvgIpc) is 3.20. The summed E-state index contributed by atoms with van der Waals surface area (Å²) in [6.07, 6.45) is 10.1. The second-order valence-electron chi connectivity index (χ2n) is 7.33. The van der Waals surface area contributed by atoms with Crippen molar-refractivity contribution < 1.29 is 4.79 Å². The van der Waals surface area contributed by atoms with Gasteiger partial charge in [0.1, 0.15) is 0 Å². The van der Waals surface area contributed by atoms with Crippen molar-refractivity contribution in [1.82, 2.24) is 15.5 Å². The first-order chi connectivity index (χ1) is 10.2. The van der Waals surface area contributed by atoms with E-state index in [1.807, 2.05) is 0 Å². The number of likely N-dealkylation sites (tertiary alicyclic amines) is 1. The summed E-state index contributed by atoms with van der Waals surface area (Å²) in [5, 5.41) is 6.94. The van der Waals surface area contributed by atoms with Gasteiger partial charge in [-0.3, -0.25) is 9.69 Å². The molecule has 1 aliphatic heterocycles. The van der Waals surface area contributed by atoms with Gasteiger partial charge in [0.15, 0.2) is 0 Å². The van der Waals surface area contributed by atoms with Gasteiger partial charge in [0.2, 0.25) is 5.91 Å². The van der Waals surface area contributed by atoms with Gasteiger partial charge >= 0.3 is 0 Å². The number of nitrogens with zero attached hydrogens (tertiary/aromatic N) is 1. The molecule has 0 spiro atoms. The Labute approximate surface area is 129 Å². The predicted molar refractivity (Wildman–Crippen MR) is 85.2 cm³/mol. The van der Waals surface area contributed by atoms with Crippen LogP contribution in [0, 0.1) is 5.92 Å². The number of amides is 1. The van der Waals surface area contributed by atoms with Crippen LogP contribution in [0.3, 0.4) is 0 Å². The predicted octanol–water partition coefficient (Wildman–Crippen LogP) is 1.90. The minimum Gasteiger partial charge on any atom is -0.352 e. The highest BCUT2D eigenvalue weighted by atomic mass is 16.2. The molecule has 0 aromatic rings. The van der Waals surface area contributed by atoms with Crippen LogP contribution in [0.25, 0.3) is 0 Å². The van der Waals surface area contributed by atoms with Crippen molar-refractivity contribution in [2.45, 2.75) is 76.4 Å². The highest BCUT2D eigenvalue weighted by Crippen LogP contribution is 2.28. The van der Waals surface area contributed by atoms with E-state index >= 15 is 0 Å². The third kappa shape index (κ3) is 4.43. The van der Waals surface area contributed by atoms with E-state index in [2.05, 4.69) is 22.5 Å². The second kappa shape index (κ2) is 7.10. The topological polar surface area (TPSA) is 44.4 Å². The van der Waals surface area contributed by atoms with Crippen LogP contribution in [-0.2, 0) is 4.79 Å².